The molecule has 0 saturated carbocycles. The molecule has 35 heavy (non-hydrogen) atoms. The predicted molar refractivity (Wildman–Crippen MR) is 133 cm³/mol. The van der Waals surface area contributed by atoms with Crippen molar-refractivity contribution in [3.05, 3.63) is 46.3 Å². The lowest BCUT2D eigenvalue weighted by Crippen LogP contribution is -2.50. The smallest absolute Gasteiger partial charge is 0.269 e. The molecule has 2 amide bonds. The molecule has 186 valence electrons. The van der Waals surface area contributed by atoms with Gasteiger partial charge >= 0.3 is 0 Å². The van der Waals surface area contributed by atoms with Crippen LogP contribution in [0, 0.1) is 0 Å². The number of hydrogen-bond donors (Lipinski definition) is 2. The SMILES string of the molecule is COc1cc(-c2cc(C(=O)NCCN3CCN(C(=O)c4ccsc4)CC3)[nH]n2)cc(OC)c1OC. The van der Waals surface area contributed by atoms with E-state index in [0.717, 1.165) is 24.2 Å². The molecule has 0 aliphatic carbocycles. The molecular weight excluding hydrogens is 470 g/mol. The highest BCUT2D eigenvalue weighted by Crippen LogP contribution is 2.40. The van der Waals surface area contributed by atoms with Gasteiger partial charge in [0.15, 0.2) is 11.5 Å². The first-order valence-electron chi connectivity index (χ1n) is 11.2. The Hall–Kier alpha value is -3.57. The van der Waals surface area contributed by atoms with Crippen molar-refractivity contribution in [1.82, 2.24) is 25.3 Å². The van der Waals surface area contributed by atoms with E-state index >= 15 is 0 Å². The molecule has 0 radical (unpaired) electrons. The fourth-order valence-corrected chi connectivity index (χ4v) is 4.61. The molecule has 1 aliphatic heterocycles. The van der Waals surface area contributed by atoms with Crippen molar-refractivity contribution >= 4 is 23.2 Å². The van der Waals surface area contributed by atoms with Crippen molar-refractivity contribution in [1.29, 1.82) is 0 Å². The monoisotopic (exact) mass is 499 g/mol. The highest BCUT2D eigenvalue weighted by Gasteiger charge is 2.22. The van der Waals surface area contributed by atoms with Crippen molar-refractivity contribution in [2.45, 2.75) is 0 Å². The number of thiophene rings is 1. The zero-order valence-electron chi connectivity index (χ0n) is 20.0. The predicted octanol–water partition coefficient (Wildman–Crippen LogP) is 2.35. The maximum Gasteiger partial charge on any atom is 0.269 e. The fraction of sp³-hybridized carbons (Fsp3) is 0.375. The first kappa shape index (κ1) is 24.6. The number of carbonyl (C=O) groups is 2. The Morgan fingerprint density at radius 1 is 1.06 bits per heavy atom. The fourth-order valence-electron chi connectivity index (χ4n) is 3.98. The molecule has 0 spiro atoms. The second-order valence-corrected chi connectivity index (χ2v) is 8.76. The van der Waals surface area contributed by atoms with Crippen LogP contribution in [0.2, 0.25) is 0 Å². The number of methoxy groups -OCH3 is 3. The highest BCUT2D eigenvalue weighted by molar-refractivity contribution is 7.08. The van der Waals surface area contributed by atoms with Crippen LogP contribution in [0.15, 0.2) is 35.0 Å². The summed E-state index contributed by atoms with van der Waals surface area (Å²) >= 11 is 1.53. The highest BCUT2D eigenvalue weighted by atomic mass is 32.1. The summed E-state index contributed by atoms with van der Waals surface area (Å²) in [5.74, 6) is 1.36. The maximum absolute atomic E-state index is 12.6. The Morgan fingerprint density at radius 2 is 1.77 bits per heavy atom. The average Bonchev–Trinajstić information content (AvgIpc) is 3.61. The van der Waals surface area contributed by atoms with Gasteiger partial charge in [0.25, 0.3) is 11.8 Å². The van der Waals surface area contributed by atoms with E-state index in [0.29, 0.717) is 54.8 Å². The number of benzene rings is 1. The molecule has 11 heteroatoms. The number of nitrogens with zero attached hydrogens (tertiary/aromatic N) is 3. The van der Waals surface area contributed by atoms with Crippen LogP contribution < -0.4 is 19.5 Å². The number of amides is 2. The summed E-state index contributed by atoms with van der Waals surface area (Å²) in [6.45, 7) is 4.13. The normalized spacial score (nSPS) is 14.0. The van der Waals surface area contributed by atoms with Gasteiger partial charge in [0.05, 0.1) is 32.6 Å². The summed E-state index contributed by atoms with van der Waals surface area (Å²) in [5.41, 5.74) is 2.42. The van der Waals surface area contributed by atoms with Crippen LogP contribution in [-0.4, -0.2) is 92.4 Å². The van der Waals surface area contributed by atoms with E-state index in [1.807, 2.05) is 21.7 Å². The molecule has 1 aromatic carbocycles. The molecule has 0 bridgehead atoms. The molecule has 2 N–H and O–H groups in total. The third kappa shape index (κ3) is 5.57. The van der Waals surface area contributed by atoms with E-state index in [2.05, 4.69) is 20.4 Å². The van der Waals surface area contributed by atoms with Gasteiger partial charge in [-0.2, -0.15) is 16.4 Å². The van der Waals surface area contributed by atoms with E-state index in [4.69, 9.17) is 14.2 Å². The Morgan fingerprint density at radius 3 is 2.37 bits per heavy atom. The van der Waals surface area contributed by atoms with Gasteiger partial charge in [-0.1, -0.05) is 0 Å². The third-order valence-electron chi connectivity index (χ3n) is 5.92. The number of piperazine rings is 1. The molecule has 1 aliphatic rings. The second kappa shape index (κ2) is 11.2. The van der Waals surface area contributed by atoms with E-state index in [9.17, 15) is 9.59 Å². The van der Waals surface area contributed by atoms with Crippen LogP contribution >= 0.6 is 11.3 Å². The van der Waals surface area contributed by atoms with Crippen molar-refractivity contribution in [3.63, 3.8) is 0 Å². The number of H-pyrrole nitrogens is 1. The summed E-state index contributed by atoms with van der Waals surface area (Å²) in [5, 5.41) is 13.8. The molecule has 3 heterocycles. The topological polar surface area (TPSA) is 109 Å². The van der Waals surface area contributed by atoms with Gasteiger partial charge in [0.2, 0.25) is 5.75 Å². The summed E-state index contributed by atoms with van der Waals surface area (Å²) in [7, 11) is 4.64. The molecule has 10 nitrogen and oxygen atoms in total. The van der Waals surface area contributed by atoms with Gasteiger partial charge in [-0.05, 0) is 29.6 Å². The van der Waals surface area contributed by atoms with Crippen LogP contribution in [0.1, 0.15) is 20.8 Å². The molecule has 0 atom stereocenters. The molecule has 2 aromatic heterocycles. The number of nitrogens with one attached hydrogen (secondary N) is 2. The Bertz CT molecular complexity index is 1130. The molecular formula is C24H29N5O5S. The lowest BCUT2D eigenvalue weighted by Gasteiger charge is -2.34. The van der Waals surface area contributed by atoms with Crippen molar-refractivity contribution in [2.75, 3.05) is 60.6 Å². The average molecular weight is 500 g/mol. The molecule has 1 saturated heterocycles. The Kier molecular flexibility index (Phi) is 7.88. The summed E-state index contributed by atoms with van der Waals surface area (Å²) in [4.78, 5) is 29.2. The van der Waals surface area contributed by atoms with Gasteiger partial charge in [0, 0.05) is 50.2 Å². The van der Waals surface area contributed by atoms with Gasteiger partial charge in [0.1, 0.15) is 5.69 Å². The Labute approximate surface area is 207 Å². The van der Waals surface area contributed by atoms with E-state index in [1.54, 1.807) is 39.5 Å². The first-order valence-corrected chi connectivity index (χ1v) is 12.2. The van der Waals surface area contributed by atoms with Gasteiger partial charge < -0.3 is 24.4 Å². The van der Waals surface area contributed by atoms with Crippen molar-refractivity contribution in [2.24, 2.45) is 0 Å². The quantitative estimate of drug-likeness (QED) is 0.465. The summed E-state index contributed by atoms with van der Waals surface area (Å²) < 4.78 is 16.1. The number of carbonyl (C=O) groups excluding carboxylic acids is 2. The molecule has 4 rings (SSSR count). The lowest BCUT2D eigenvalue weighted by molar-refractivity contribution is 0.0638. The summed E-state index contributed by atoms with van der Waals surface area (Å²) in [6.07, 6.45) is 0. The number of hydrogen-bond acceptors (Lipinski definition) is 8. The van der Waals surface area contributed by atoms with Crippen LogP contribution in [0.4, 0.5) is 0 Å². The first-order chi connectivity index (χ1) is 17.0. The van der Waals surface area contributed by atoms with Gasteiger partial charge in [-0.25, -0.2) is 0 Å². The summed E-state index contributed by atoms with van der Waals surface area (Å²) in [6, 6.07) is 7.10. The van der Waals surface area contributed by atoms with Gasteiger partial charge in [-0.3, -0.25) is 19.6 Å². The van der Waals surface area contributed by atoms with Gasteiger partial charge in [-0.15, -0.1) is 0 Å². The van der Waals surface area contributed by atoms with Crippen LogP contribution in [0.3, 0.4) is 0 Å². The zero-order valence-corrected chi connectivity index (χ0v) is 20.8. The minimum atomic E-state index is -0.234. The Balaban J connectivity index is 1.28. The minimum absolute atomic E-state index is 0.0846. The molecule has 3 aromatic rings. The van der Waals surface area contributed by atoms with Crippen molar-refractivity contribution in [3.8, 4) is 28.5 Å². The largest absolute Gasteiger partial charge is 0.493 e. The van der Waals surface area contributed by atoms with Crippen molar-refractivity contribution < 1.29 is 23.8 Å². The van der Waals surface area contributed by atoms with E-state index < -0.39 is 0 Å². The number of aromatic nitrogens is 2. The standard InChI is InChI=1S/C24H29N5O5S/c1-32-20-12-17(13-21(33-2)22(20)34-3)18-14-19(27-26-18)23(30)25-5-6-28-7-9-29(10-8-28)24(31)16-4-11-35-15-16/h4,11-15H,5-10H2,1-3H3,(H,25,30)(H,26,27). The third-order valence-corrected chi connectivity index (χ3v) is 6.61. The lowest BCUT2D eigenvalue weighted by atomic mass is 10.1. The van der Waals surface area contributed by atoms with Crippen LogP contribution in [-0.2, 0) is 0 Å². The van der Waals surface area contributed by atoms with Crippen LogP contribution in [0.5, 0.6) is 17.2 Å². The number of aromatic amines is 1. The second-order valence-electron chi connectivity index (χ2n) is 7.98. The van der Waals surface area contributed by atoms with Crippen LogP contribution in [0.25, 0.3) is 11.3 Å². The maximum atomic E-state index is 12.6. The molecule has 0 unspecified atom stereocenters. The number of rotatable bonds is 9. The minimum Gasteiger partial charge on any atom is -0.493 e. The van der Waals surface area contributed by atoms with E-state index in [-0.39, 0.29) is 11.8 Å². The number of ether oxygens (including phenoxy) is 3. The van der Waals surface area contributed by atoms with E-state index in [1.165, 1.54) is 11.3 Å². The molecule has 1 fully saturated rings. The zero-order chi connectivity index (χ0) is 24.8.